The van der Waals surface area contributed by atoms with Gasteiger partial charge >= 0.3 is 0 Å². The Kier molecular flexibility index (Phi) is 4.96. The van der Waals surface area contributed by atoms with Gasteiger partial charge in [-0.15, -0.1) is 10.2 Å². The number of ether oxygens (including phenoxy) is 2. The lowest BCUT2D eigenvalue weighted by atomic mass is 9.39. The second-order valence-electron chi connectivity index (χ2n) is 8.13. The number of hydrogen-bond acceptors (Lipinski definition) is 7. The zero-order chi connectivity index (χ0) is 22.3. The summed E-state index contributed by atoms with van der Waals surface area (Å²) in [6.45, 7) is -0.231. The van der Waals surface area contributed by atoms with E-state index in [1.807, 2.05) is 0 Å². The summed E-state index contributed by atoms with van der Waals surface area (Å²) in [7, 11) is 0. The van der Waals surface area contributed by atoms with Gasteiger partial charge in [0.2, 0.25) is 5.89 Å². The molecule has 0 radical (unpaired) electrons. The van der Waals surface area contributed by atoms with Gasteiger partial charge in [-0.25, -0.2) is 8.78 Å². The van der Waals surface area contributed by atoms with E-state index in [4.69, 9.17) is 25.5 Å². The molecule has 2 aromatic heterocycles. The van der Waals surface area contributed by atoms with Crippen molar-refractivity contribution in [2.75, 3.05) is 6.61 Å². The highest BCUT2D eigenvalue weighted by Crippen LogP contribution is 2.67. The minimum absolute atomic E-state index is 0.00127. The quantitative estimate of drug-likeness (QED) is 0.548. The summed E-state index contributed by atoms with van der Waals surface area (Å²) in [5, 5.41) is 11.0. The molecule has 6 rings (SSSR count). The van der Waals surface area contributed by atoms with Crippen molar-refractivity contribution < 1.29 is 27.5 Å². The van der Waals surface area contributed by atoms with Crippen molar-refractivity contribution in [3.63, 3.8) is 0 Å². The predicted octanol–water partition coefficient (Wildman–Crippen LogP) is 3.34. The third-order valence-corrected chi connectivity index (χ3v) is 5.97. The van der Waals surface area contributed by atoms with E-state index in [9.17, 15) is 13.6 Å². The first-order chi connectivity index (χ1) is 15.3. The Morgan fingerprint density at radius 3 is 2.69 bits per heavy atom. The summed E-state index contributed by atoms with van der Waals surface area (Å²) >= 11 is 5.63. The molecule has 0 spiro atoms. The van der Waals surface area contributed by atoms with Crippen LogP contribution in [0.5, 0.6) is 11.5 Å². The largest absolute Gasteiger partial charge is 0.484 e. The Bertz CT molecular complexity index is 1170. The first-order valence-corrected chi connectivity index (χ1v) is 10.2. The highest BCUT2D eigenvalue weighted by atomic mass is 35.5. The van der Waals surface area contributed by atoms with Crippen LogP contribution >= 0.6 is 11.6 Å². The van der Waals surface area contributed by atoms with E-state index in [1.54, 1.807) is 0 Å². The Morgan fingerprint density at radius 2 is 1.94 bits per heavy atom. The van der Waals surface area contributed by atoms with Crippen LogP contribution < -0.4 is 14.8 Å². The van der Waals surface area contributed by atoms with E-state index in [0.29, 0.717) is 25.2 Å². The number of nitrogens with zero attached hydrogens (tertiary/aromatic N) is 3. The summed E-state index contributed by atoms with van der Waals surface area (Å²) < 4.78 is 43.0. The molecule has 1 aromatic carbocycles. The van der Waals surface area contributed by atoms with Gasteiger partial charge in [0.15, 0.2) is 13.2 Å². The van der Waals surface area contributed by atoms with E-state index in [0.717, 1.165) is 12.3 Å². The molecular formula is C21H17ClF2N4O4. The lowest BCUT2D eigenvalue weighted by Crippen LogP contribution is -2.77. The smallest absolute Gasteiger partial charge is 0.258 e. The average molecular weight is 463 g/mol. The zero-order valence-corrected chi connectivity index (χ0v) is 17.4. The number of halogens is 3. The Labute approximate surface area is 185 Å². The highest BCUT2D eigenvalue weighted by Gasteiger charge is 2.71. The zero-order valence-electron chi connectivity index (χ0n) is 16.6. The molecule has 3 fully saturated rings. The van der Waals surface area contributed by atoms with E-state index in [1.165, 1.54) is 24.4 Å². The summed E-state index contributed by atoms with van der Waals surface area (Å²) in [5.74, 6) is -0.139. The van der Waals surface area contributed by atoms with Gasteiger partial charge in [-0.05, 0) is 31.4 Å². The van der Waals surface area contributed by atoms with Crippen LogP contribution in [0.2, 0.25) is 5.02 Å². The maximum atomic E-state index is 13.4. The average Bonchev–Trinajstić information content (AvgIpc) is 3.18. The first-order valence-electron chi connectivity index (χ1n) is 9.80. The SMILES string of the molecule is O=C(COc1ccc(Cl)c(F)c1)NC12CC(c3nnc(COc4cncc(F)c4)o3)(C1)C2. The molecule has 3 aromatic rings. The van der Waals surface area contributed by atoms with Gasteiger partial charge in [0, 0.05) is 17.7 Å². The minimum atomic E-state index is -0.608. The maximum Gasteiger partial charge on any atom is 0.258 e. The first kappa shape index (κ1) is 20.6. The molecule has 3 aliphatic carbocycles. The molecule has 0 aliphatic heterocycles. The maximum absolute atomic E-state index is 13.4. The molecule has 2 bridgehead atoms. The topological polar surface area (TPSA) is 99.4 Å². The van der Waals surface area contributed by atoms with Crippen molar-refractivity contribution >= 4 is 17.5 Å². The van der Waals surface area contributed by atoms with Crippen LogP contribution in [0.15, 0.2) is 41.1 Å². The van der Waals surface area contributed by atoms with Crippen molar-refractivity contribution in [3.8, 4) is 11.5 Å². The van der Waals surface area contributed by atoms with Crippen LogP contribution in [0.3, 0.4) is 0 Å². The molecule has 8 nitrogen and oxygen atoms in total. The van der Waals surface area contributed by atoms with E-state index >= 15 is 0 Å². The predicted molar refractivity (Wildman–Crippen MR) is 106 cm³/mol. The van der Waals surface area contributed by atoms with Crippen LogP contribution in [-0.4, -0.2) is 33.2 Å². The fourth-order valence-corrected chi connectivity index (χ4v) is 4.45. The molecule has 0 atom stereocenters. The summed E-state index contributed by atoms with van der Waals surface area (Å²) in [6, 6.07) is 5.21. The second kappa shape index (κ2) is 7.70. The van der Waals surface area contributed by atoms with Crippen LogP contribution in [0, 0.1) is 11.6 Å². The third kappa shape index (κ3) is 3.86. The van der Waals surface area contributed by atoms with E-state index in [2.05, 4.69) is 20.5 Å². The normalized spacial score (nSPS) is 23.1. The highest BCUT2D eigenvalue weighted by molar-refractivity contribution is 6.30. The lowest BCUT2D eigenvalue weighted by molar-refractivity contribution is -0.143. The second-order valence-corrected chi connectivity index (χ2v) is 8.54. The van der Waals surface area contributed by atoms with Crippen molar-refractivity contribution in [1.29, 1.82) is 0 Å². The van der Waals surface area contributed by atoms with Gasteiger partial charge in [0.1, 0.15) is 23.1 Å². The number of pyridine rings is 1. The van der Waals surface area contributed by atoms with Crippen molar-refractivity contribution in [3.05, 3.63) is 65.1 Å². The molecule has 166 valence electrons. The van der Waals surface area contributed by atoms with Gasteiger partial charge < -0.3 is 19.2 Å². The number of carbonyl (C=O) groups is 1. The van der Waals surface area contributed by atoms with Crippen molar-refractivity contribution in [2.24, 2.45) is 0 Å². The van der Waals surface area contributed by atoms with Crippen molar-refractivity contribution in [2.45, 2.75) is 36.8 Å². The van der Waals surface area contributed by atoms with Gasteiger partial charge in [-0.2, -0.15) is 0 Å². The molecule has 0 saturated heterocycles. The molecule has 2 heterocycles. The number of aromatic nitrogens is 3. The number of rotatable bonds is 8. The van der Waals surface area contributed by atoms with Gasteiger partial charge in [-0.3, -0.25) is 9.78 Å². The molecule has 1 amide bonds. The number of nitrogens with one attached hydrogen (secondary N) is 1. The number of carbonyl (C=O) groups excluding carboxylic acids is 1. The molecule has 3 aliphatic rings. The number of benzene rings is 1. The Balaban J connectivity index is 1.10. The lowest BCUT2D eigenvalue weighted by Gasteiger charge is -2.68. The molecule has 32 heavy (non-hydrogen) atoms. The fourth-order valence-electron chi connectivity index (χ4n) is 4.34. The minimum Gasteiger partial charge on any atom is -0.484 e. The Hall–Kier alpha value is -3.27. The molecule has 3 saturated carbocycles. The molecule has 11 heteroatoms. The van der Waals surface area contributed by atoms with Crippen LogP contribution in [0.25, 0.3) is 0 Å². The standard InChI is InChI=1S/C21H17ClF2N4O4/c22-15-2-1-13(4-16(15)24)30-7-17(29)26-21-9-20(10-21,11-21)19-28-27-18(32-19)8-31-14-3-12(23)5-25-6-14/h1-6H,7-11H2,(H,26,29). The van der Waals surface area contributed by atoms with Crippen LogP contribution in [0.1, 0.15) is 31.0 Å². The van der Waals surface area contributed by atoms with E-state index in [-0.39, 0.29) is 52.5 Å². The summed E-state index contributed by atoms with van der Waals surface area (Å²) in [6.07, 6.45) is 4.51. The van der Waals surface area contributed by atoms with Gasteiger partial charge in [0.05, 0.1) is 22.8 Å². The monoisotopic (exact) mass is 462 g/mol. The van der Waals surface area contributed by atoms with Gasteiger partial charge in [0.25, 0.3) is 11.8 Å². The van der Waals surface area contributed by atoms with Crippen molar-refractivity contribution in [1.82, 2.24) is 20.5 Å². The van der Waals surface area contributed by atoms with E-state index < -0.39 is 11.6 Å². The molecular weight excluding hydrogens is 446 g/mol. The van der Waals surface area contributed by atoms with Gasteiger partial charge in [-0.1, -0.05) is 11.6 Å². The van der Waals surface area contributed by atoms with Crippen LogP contribution in [0.4, 0.5) is 8.78 Å². The molecule has 0 unspecified atom stereocenters. The Morgan fingerprint density at radius 1 is 1.12 bits per heavy atom. The molecule has 1 N–H and O–H groups in total. The van der Waals surface area contributed by atoms with Crippen LogP contribution in [-0.2, 0) is 16.8 Å². The number of hydrogen-bond donors (Lipinski definition) is 1. The fraction of sp³-hybridized carbons (Fsp3) is 0.333. The number of amides is 1. The third-order valence-electron chi connectivity index (χ3n) is 5.66. The summed E-state index contributed by atoms with van der Waals surface area (Å²) in [4.78, 5) is 15.9. The summed E-state index contributed by atoms with van der Waals surface area (Å²) in [5.41, 5.74) is -0.566.